The molecule has 1 aromatic carbocycles. The first-order valence-corrected chi connectivity index (χ1v) is 9.34. The van der Waals surface area contributed by atoms with Crippen LogP contribution in [0.2, 0.25) is 0 Å². The summed E-state index contributed by atoms with van der Waals surface area (Å²) >= 11 is 0. The van der Waals surface area contributed by atoms with Crippen LogP contribution in [0.15, 0.2) is 60.9 Å². The summed E-state index contributed by atoms with van der Waals surface area (Å²) < 4.78 is 0. The van der Waals surface area contributed by atoms with Crippen LogP contribution in [0.1, 0.15) is 11.1 Å². The van der Waals surface area contributed by atoms with Gasteiger partial charge in [0, 0.05) is 55.1 Å². The molecule has 27 heavy (non-hydrogen) atoms. The monoisotopic (exact) mass is 360 g/mol. The highest BCUT2D eigenvalue weighted by Crippen LogP contribution is 2.19. The molecule has 0 spiro atoms. The van der Waals surface area contributed by atoms with Crippen LogP contribution in [0.5, 0.6) is 0 Å². The maximum absolute atomic E-state index is 12.9. The van der Waals surface area contributed by atoms with Crippen LogP contribution in [0.25, 0.3) is 17.1 Å². The zero-order valence-corrected chi connectivity index (χ0v) is 15.5. The number of fused-ring (bicyclic) bond motifs is 1. The summed E-state index contributed by atoms with van der Waals surface area (Å²) in [6.45, 7) is 2.56. The van der Waals surface area contributed by atoms with Crippen molar-refractivity contribution in [1.29, 1.82) is 0 Å². The summed E-state index contributed by atoms with van der Waals surface area (Å²) in [5, 5.41) is 1.03. The Morgan fingerprint density at radius 1 is 1.22 bits per heavy atom. The molecule has 1 aliphatic rings. The molecule has 0 saturated carbocycles. The number of H-pyrrole nitrogens is 1. The van der Waals surface area contributed by atoms with E-state index in [2.05, 4.69) is 46.2 Å². The van der Waals surface area contributed by atoms with Crippen LogP contribution in [0, 0.1) is 0 Å². The molecular formula is C22H24N4O. The molecule has 4 rings (SSSR count). The first-order chi connectivity index (χ1) is 13.2. The summed E-state index contributed by atoms with van der Waals surface area (Å²) in [6, 6.07) is 14.5. The zero-order chi connectivity index (χ0) is 18.6. The largest absolute Gasteiger partial charge is 0.346 e. The maximum atomic E-state index is 12.9. The fourth-order valence-electron chi connectivity index (χ4n) is 3.73. The van der Waals surface area contributed by atoms with E-state index in [1.807, 2.05) is 35.4 Å². The van der Waals surface area contributed by atoms with Crippen molar-refractivity contribution in [3.8, 4) is 0 Å². The Labute approximate surface area is 159 Å². The van der Waals surface area contributed by atoms with E-state index in [1.165, 1.54) is 5.56 Å². The molecule has 1 fully saturated rings. The van der Waals surface area contributed by atoms with Crippen LogP contribution >= 0.6 is 0 Å². The molecule has 1 N–H and O–H groups in total. The molecule has 0 radical (unpaired) electrons. The molecule has 1 atom stereocenters. The second-order valence-corrected chi connectivity index (χ2v) is 7.11. The molecule has 0 bridgehead atoms. The number of benzene rings is 1. The summed E-state index contributed by atoms with van der Waals surface area (Å²) in [7, 11) is 2.12. The molecule has 1 amide bonds. The van der Waals surface area contributed by atoms with E-state index in [-0.39, 0.29) is 11.9 Å². The van der Waals surface area contributed by atoms with Crippen molar-refractivity contribution in [2.75, 3.05) is 26.7 Å². The molecule has 5 nitrogen and oxygen atoms in total. The molecular weight excluding hydrogens is 336 g/mol. The van der Waals surface area contributed by atoms with Gasteiger partial charge in [-0.3, -0.25) is 4.79 Å². The van der Waals surface area contributed by atoms with Gasteiger partial charge in [-0.25, -0.2) is 4.98 Å². The van der Waals surface area contributed by atoms with Crippen molar-refractivity contribution >= 4 is 23.0 Å². The highest BCUT2D eigenvalue weighted by atomic mass is 16.2. The lowest BCUT2D eigenvalue weighted by Crippen LogP contribution is -2.54. The molecule has 1 aliphatic heterocycles. The topological polar surface area (TPSA) is 52.2 Å². The average molecular weight is 360 g/mol. The van der Waals surface area contributed by atoms with Gasteiger partial charge in [-0.1, -0.05) is 30.3 Å². The van der Waals surface area contributed by atoms with Crippen molar-refractivity contribution in [2.24, 2.45) is 0 Å². The van der Waals surface area contributed by atoms with Crippen LogP contribution in [0.3, 0.4) is 0 Å². The van der Waals surface area contributed by atoms with Gasteiger partial charge in [0.1, 0.15) is 5.65 Å². The van der Waals surface area contributed by atoms with E-state index in [0.29, 0.717) is 0 Å². The highest BCUT2D eigenvalue weighted by Gasteiger charge is 2.27. The Bertz CT molecular complexity index is 947. The summed E-state index contributed by atoms with van der Waals surface area (Å²) in [6.07, 6.45) is 8.12. The number of hydrogen-bond donors (Lipinski definition) is 1. The Kier molecular flexibility index (Phi) is 5.03. The first-order valence-electron chi connectivity index (χ1n) is 9.34. The molecule has 0 unspecified atom stereocenters. The van der Waals surface area contributed by atoms with Crippen molar-refractivity contribution < 1.29 is 4.79 Å². The molecule has 1 saturated heterocycles. The van der Waals surface area contributed by atoms with Gasteiger partial charge in [0.2, 0.25) is 5.91 Å². The van der Waals surface area contributed by atoms with Crippen molar-refractivity contribution in [2.45, 2.75) is 12.5 Å². The highest BCUT2D eigenvalue weighted by molar-refractivity contribution is 5.95. The number of likely N-dealkylation sites (N-methyl/N-ethyl adjacent to an activating group) is 1. The van der Waals surface area contributed by atoms with Gasteiger partial charge in [0.05, 0.1) is 0 Å². The number of piperazine rings is 1. The lowest BCUT2D eigenvalue weighted by molar-refractivity contribution is -0.130. The second kappa shape index (κ2) is 7.76. The number of hydrogen-bond acceptors (Lipinski definition) is 3. The van der Waals surface area contributed by atoms with Crippen LogP contribution in [-0.4, -0.2) is 58.4 Å². The number of rotatable bonds is 4. The first kappa shape index (κ1) is 17.5. The number of pyridine rings is 1. The fourth-order valence-corrected chi connectivity index (χ4v) is 3.73. The minimum absolute atomic E-state index is 0.0715. The number of aromatic nitrogens is 2. The van der Waals surface area contributed by atoms with E-state index >= 15 is 0 Å². The third-order valence-corrected chi connectivity index (χ3v) is 5.17. The van der Waals surface area contributed by atoms with Crippen LogP contribution in [0.4, 0.5) is 0 Å². The van der Waals surface area contributed by atoms with E-state index < -0.39 is 0 Å². The molecule has 2 aromatic heterocycles. The second-order valence-electron chi connectivity index (χ2n) is 7.11. The average Bonchev–Trinajstić information content (AvgIpc) is 3.10. The van der Waals surface area contributed by atoms with Crippen LogP contribution in [-0.2, 0) is 11.2 Å². The number of carbonyl (C=O) groups is 1. The number of amides is 1. The third kappa shape index (κ3) is 3.93. The van der Waals surface area contributed by atoms with E-state index in [0.717, 1.165) is 42.7 Å². The Morgan fingerprint density at radius 2 is 2.07 bits per heavy atom. The van der Waals surface area contributed by atoms with E-state index in [4.69, 9.17) is 0 Å². The minimum atomic E-state index is 0.0715. The smallest absolute Gasteiger partial charge is 0.246 e. The van der Waals surface area contributed by atoms with Crippen molar-refractivity contribution in [3.05, 3.63) is 72.1 Å². The predicted molar refractivity (Wildman–Crippen MR) is 108 cm³/mol. The quantitative estimate of drug-likeness (QED) is 0.728. The Morgan fingerprint density at radius 3 is 2.93 bits per heavy atom. The number of aromatic amines is 1. The summed E-state index contributed by atoms with van der Waals surface area (Å²) in [4.78, 5) is 24.7. The molecule has 138 valence electrons. The normalized spacial score (nSPS) is 18.4. The minimum Gasteiger partial charge on any atom is -0.346 e. The van der Waals surface area contributed by atoms with E-state index in [9.17, 15) is 4.79 Å². The van der Waals surface area contributed by atoms with Crippen LogP contribution < -0.4 is 0 Å². The zero-order valence-electron chi connectivity index (χ0n) is 15.5. The summed E-state index contributed by atoms with van der Waals surface area (Å²) in [5.74, 6) is 0.0715. The van der Waals surface area contributed by atoms with Crippen molar-refractivity contribution in [1.82, 2.24) is 19.8 Å². The van der Waals surface area contributed by atoms with Gasteiger partial charge in [0.15, 0.2) is 0 Å². The van der Waals surface area contributed by atoms with Gasteiger partial charge in [0.25, 0.3) is 0 Å². The molecule has 3 heterocycles. The lowest BCUT2D eigenvalue weighted by atomic mass is 10.0. The third-order valence-electron chi connectivity index (χ3n) is 5.17. The van der Waals surface area contributed by atoms with E-state index in [1.54, 1.807) is 12.3 Å². The van der Waals surface area contributed by atoms with Crippen molar-refractivity contribution in [3.63, 3.8) is 0 Å². The molecule has 5 heteroatoms. The van der Waals surface area contributed by atoms with Gasteiger partial charge in [-0.05, 0) is 37.2 Å². The fraction of sp³-hybridized carbons (Fsp3) is 0.273. The Balaban J connectivity index is 1.51. The summed E-state index contributed by atoms with van der Waals surface area (Å²) in [5.41, 5.74) is 3.09. The number of nitrogens with one attached hydrogen (secondary N) is 1. The Hall–Kier alpha value is -2.92. The SMILES string of the molecule is CN1CCN(C(=O)C=Cc2c[nH]c3ncccc23)[C@@H](Cc2ccccc2)C1. The molecule has 3 aromatic rings. The van der Waals surface area contributed by atoms with Gasteiger partial charge >= 0.3 is 0 Å². The number of nitrogens with zero attached hydrogens (tertiary/aromatic N) is 3. The van der Waals surface area contributed by atoms with Gasteiger partial charge in [-0.2, -0.15) is 0 Å². The van der Waals surface area contributed by atoms with Gasteiger partial charge in [-0.15, -0.1) is 0 Å². The van der Waals surface area contributed by atoms with Gasteiger partial charge < -0.3 is 14.8 Å². The lowest BCUT2D eigenvalue weighted by Gasteiger charge is -2.39. The maximum Gasteiger partial charge on any atom is 0.246 e. The molecule has 0 aliphatic carbocycles. The standard InChI is InChI=1S/C22H24N4O/c1-25-12-13-26(19(16-25)14-17-6-3-2-4-7-17)21(27)10-9-18-15-24-22-20(18)8-5-11-23-22/h2-11,15,19H,12-14,16H2,1H3,(H,23,24)/t19-/m0/s1. The predicted octanol–water partition coefficient (Wildman–Crippen LogP) is 2.96. The number of carbonyl (C=O) groups excluding carboxylic acids is 1.